The number of rotatable bonds is 0. The quantitative estimate of drug-likeness (QED) is 0.622. The summed E-state index contributed by atoms with van der Waals surface area (Å²) < 4.78 is 5.96. The Morgan fingerprint density at radius 2 is 1.60 bits per heavy atom. The first-order valence-corrected chi connectivity index (χ1v) is 7.18. The molecule has 1 nitrogen and oxygen atoms in total. The van der Waals surface area contributed by atoms with Crippen molar-refractivity contribution in [2.45, 2.75) is 40.1 Å². The number of hydrogen-bond acceptors (Lipinski definition) is 1. The van der Waals surface area contributed by atoms with Crippen molar-refractivity contribution in [1.29, 1.82) is 0 Å². The minimum atomic E-state index is -0.725. The van der Waals surface area contributed by atoms with Crippen molar-refractivity contribution in [1.82, 2.24) is 0 Å². The molecule has 20 heavy (non-hydrogen) atoms. The topological polar surface area (TPSA) is 9.23 Å². The standard InChI is InChI=1S/C16H15BO.C2H6/c1-10-11(2)13-8-9-16(3,17)18-15(13)14-7-5-4-6-12(10)14;1-2/h4-9H,1-3H3;1-2H3. The molecule has 1 heterocycles. The zero-order chi connectivity index (χ0) is 14.9. The highest BCUT2D eigenvalue weighted by molar-refractivity contribution is 6.17. The molecule has 0 aromatic heterocycles. The lowest BCUT2D eigenvalue weighted by atomic mass is 9.80. The molecule has 0 saturated heterocycles. The lowest BCUT2D eigenvalue weighted by molar-refractivity contribution is 0.227. The summed E-state index contributed by atoms with van der Waals surface area (Å²) in [5.41, 5.74) is 2.99. The van der Waals surface area contributed by atoms with Crippen molar-refractivity contribution in [2.24, 2.45) is 0 Å². The van der Waals surface area contributed by atoms with Gasteiger partial charge in [0.05, 0.1) is 5.50 Å². The molecule has 1 aliphatic rings. The fourth-order valence-corrected chi connectivity index (χ4v) is 2.54. The van der Waals surface area contributed by atoms with Gasteiger partial charge in [-0.05, 0) is 37.3 Å². The maximum atomic E-state index is 6.06. The molecule has 2 heteroatoms. The van der Waals surface area contributed by atoms with Gasteiger partial charge in [0.15, 0.2) is 0 Å². The van der Waals surface area contributed by atoms with E-state index in [4.69, 9.17) is 12.6 Å². The van der Waals surface area contributed by atoms with Gasteiger partial charge in [0.1, 0.15) is 13.6 Å². The van der Waals surface area contributed by atoms with E-state index in [1.54, 1.807) is 0 Å². The summed E-state index contributed by atoms with van der Waals surface area (Å²) in [4.78, 5) is 0. The van der Waals surface area contributed by atoms with Crippen LogP contribution < -0.4 is 4.74 Å². The third kappa shape index (κ3) is 2.35. The Bertz CT molecular complexity index is 669. The highest BCUT2D eigenvalue weighted by Gasteiger charge is 2.24. The maximum Gasteiger partial charge on any atom is 0.137 e. The van der Waals surface area contributed by atoms with Crippen LogP contribution in [0.15, 0.2) is 30.3 Å². The van der Waals surface area contributed by atoms with Crippen LogP contribution in [0, 0.1) is 13.8 Å². The van der Waals surface area contributed by atoms with Crippen molar-refractivity contribution in [3.05, 3.63) is 47.0 Å². The SMILES string of the molecule is CC.[B]C1(C)C=Cc2c(C)c(C)c3ccccc3c2O1. The van der Waals surface area contributed by atoms with E-state index in [0.29, 0.717) is 0 Å². The predicted molar refractivity (Wildman–Crippen MR) is 88.6 cm³/mol. The lowest BCUT2D eigenvalue weighted by Gasteiger charge is -2.31. The maximum absolute atomic E-state index is 6.06. The van der Waals surface area contributed by atoms with E-state index in [0.717, 1.165) is 16.7 Å². The molecule has 0 amide bonds. The Morgan fingerprint density at radius 3 is 2.25 bits per heavy atom. The molecule has 0 aliphatic carbocycles. The van der Waals surface area contributed by atoms with Crippen molar-refractivity contribution in [2.75, 3.05) is 0 Å². The van der Waals surface area contributed by atoms with Crippen molar-refractivity contribution in [3.8, 4) is 5.75 Å². The van der Waals surface area contributed by atoms with E-state index in [9.17, 15) is 0 Å². The summed E-state index contributed by atoms with van der Waals surface area (Å²) in [5, 5.41) is 2.37. The fraction of sp³-hybridized carbons (Fsp3) is 0.333. The lowest BCUT2D eigenvalue weighted by Crippen LogP contribution is -2.32. The van der Waals surface area contributed by atoms with Gasteiger partial charge in [-0.25, -0.2) is 0 Å². The van der Waals surface area contributed by atoms with E-state index < -0.39 is 5.50 Å². The van der Waals surface area contributed by atoms with Gasteiger partial charge < -0.3 is 4.74 Å². The molecule has 0 spiro atoms. The summed E-state index contributed by atoms with van der Waals surface area (Å²) in [6.45, 7) is 10.2. The summed E-state index contributed by atoms with van der Waals surface area (Å²) in [6.07, 6.45) is 3.99. The van der Waals surface area contributed by atoms with Crippen molar-refractivity contribution < 1.29 is 4.74 Å². The average molecular weight is 264 g/mol. The summed E-state index contributed by atoms with van der Waals surface area (Å²) in [6, 6.07) is 8.32. The first-order chi connectivity index (χ1) is 9.49. The van der Waals surface area contributed by atoms with Gasteiger partial charge in [0.2, 0.25) is 0 Å². The molecule has 0 N–H and O–H groups in total. The van der Waals surface area contributed by atoms with Crippen molar-refractivity contribution >= 4 is 24.7 Å². The molecule has 0 fully saturated rings. The van der Waals surface area contributed by atoms with E-state index in [2.05, 4.69) is 38.1 Å². The highest BCUT2D eigenvalue weighted by atomic mass is 16.5. The van der Waals surface area contributed by atoms with Gasteiger partial charge in [0, 0.05) is 10.9 Å². The van der Waals surface area contributed by atoms with Gasteiger partial charge in [0.25, 0.3) is 0 Å². The Hall–Kier alpha value is -1.70. The van der Waals surface area contributed by atoms with Crippen LogP contribution in [-0.2, 0) is 0 Å². The van der Waals surface area contributed by atoms with Gasteiger partial charge in [-0.15, -0.1) is 0 Å². The van der Waals surface area contributed by atoms with Crippen LogP contribution in [0.25, 0.3) is 16.8 Å². The Kier molecular flexibility index (Phi) is 3.94. The molecular formula is C18H21BO. The van der Waals surface area contributed by atoms with Crippen LogP contribution in [0.3, 0.4) is 0 Å². The van der Waals surface area contributed by atoms with E-state index in [-0.39, 0.29) is 0 Å². The van der Waals surface area contributed by atoms with Gasteiger partial charge in [-0.2, -0.15) is 0 Å². The smallest absolute Gasteiger partial charge is 0.137 e. The third-order valence-electron chi connectivity index (χ3n) is 3.69. The summed E-state index contributed by atoms with van der Waals surface area (Å²) in [7, 11) is 6.06. The van der Waals surface area contributed by atoms with Crippen LogP contribution in [0.2, 0.25) is 0 Å². The molecule has 0 saturated carbocycles. The molecule has 0 bridgehead atoms. The van der Waals surface area contributed by atoms with E-state index in [1.165, 1.54) is 16.5 Å². The second-order valence-corrected chi connectivity index (χ2v) is 5.16. The normalized spacial score (nSPS) is 19.9. The van der Waals surface area contributed by atoms with Crippen LogP contribution in [0.5, 0.6) is 5.75 Å². The molecule has 2 aromatic carbocycles. The predicted octanol–water partition coefficient (Wildman–Crippen LogP) is 4.77. The zero-order valence-corrected chi connectivity index (χ0v) is 12.9. The minimum Gasteiger partial charge on any atom is -0.492 e. The first kappa shape index (κ1) is 14.7. The molecular weight excluding hydrogens is 243 g/mol. The highest BCUT2D eigenvalue weighted by Crippen LogP contribution is 2.40. The molecule has 3 rings (SSSR count). The van der Waals surface area contributed by atoms with Gasteiger partial charge in [-0.3, -0.25) is 0 Å². The molecule has 1 atom stereocenters. The Labute approximate surface area is 123 Å². The summed E-state index contributed by atoms with van der Waals surface area (Å²) in [5.74, 6) is 0.904. The Balaban J connectivity index is 0.000000704. The molecule has 2 radical (unpaired) electrons. The number of ether oxygens (including phenoxy) is 1. The number of hydrogen-bond donors (Lipinski definition) is 0. The second kappa shape index (κ2) is 5.36. The number of aryl methyl sites for hydroxylation is 1. The number of benzene rings is 2. The largest absolute Gasteiger partial charge is 0.492 e. The average Bonchev–Trinajstić information content (AvgIpc) is 2.46. The summed E-state index contributed by atoms with van der Waals surface area (Å²) >= 11 is 0. The van der Waals surface area contributed by atoms with Gasteiger partial charge in [-0.1, -0.05) is 50.3 Å². The molecule has 2 aromatic rings. The van der Waals surface area contributed by atoms with Crippen molar-refractivity contribution in [3.63, 3.8) is 0 Å². The van der Waals surface area contributed by atoms with Crippen LogP contribution in [0.4, 0.5) is 0 Å². The van der Waals surface area contributed by atoms with Crippen LogP contribution >= 0.6 is 0 Å². The van der Waals surface area contributed by atoms with E-state index >= 15 is 0 Å². The fourth-order valence-electron chi connectivity index (χ4n) is 2.54. The zero-order valence-electron chi connectivity index (χ0n) is 12.9. The van der Waals surface area contributed by atoms with Crippen LogP contribution in [0.1, 0.15) is 37.5 Å². The Morgan fingerprint density at radius 1 is 1.00 bits per heavy atom. The molecule has 102 valence electrons. The minimum absolute atomic E-state index is 0.725. The van der Waals surface area contributed by atoms with E-state index in [1.807, 2.05) is 32.9 Å². The molecule has 1 aliphatic heterocycles. The monoisotopic (exact) mass is 264 g/mol. The van der Waals surface area contributed by atoms with Crippen LogP contribution in [-0.4, -0.2) is 13.3 Å². The number of fused-ring (bicyclic) bond motifs is 3. The second-order valence-electron chi connectivity index (χ2n) is 5.16. The first-order valence-electron chi connectivity index (χ1n) is 7.18. The van der Waals surface area contributed by atoms with Gasteiger partial charge >= 0.3 is 0 Å². The third-order valence-corrected chi connectivity index (χ3v) is 3.69. The molecule has 1 unspecified atom stereocenters.